The predicted octanol–water partition coefficient (Wildman–Crippen LogP) is 0.505. The molecule has 0 radical (unpaired) electrons. The zero-order valence-electron chi connectivity index (χ0n) is 12.4. The molecule has 1 aromatic rings. The van der Waals surface area contributed by atoms with E-state index in [1.165, 1.54) is 12.8 Å². The number of piperidine rings is 1. The van der Waals surface area contributed by atoms with E-state index in [0.29, 0.717) is 13.2 Å². The van der Waals surface area contributed by atoms with Crippen molar-refractivity contribution in [1.29, 1.82) is 0 Å². The molecule has 1 aliphatic heterocycles. The second-order valence-electron chi connectivity index (χ2n) is 6.01. The van der Waals surface area contributed by atoms with Crippen LogP contribution in [-0.4, -0.2) is 48.5 Å². The van der Waals surface area contributed by atoms with Crippen molar-refractivity contribution in [2.24, 2.45) is 5.92 Å². The third-order valence-electron chi connectivity index (χ3n) is 4.38. The molecule has 2 N–H and O–H groups in total. The lowest BCUT2D eigenvalue weighted by molar-refractivity contribution is -0.132. The topological polar surface area (TPSA) is 68.2 Å². The van der Waals surface area contributed by atoms with E-state index in [2.05, 4.69) is 15.7 Å². The van der Waals surface area contributed by atoms with E-state index in [1.54, 1.807) is 6.20 Å². The molecule has 116 valence electrons. The van der Waals surface area contributed by atoms with Gasteiger partial charge in [-0.2, -0.15) is 5.10 Å². The van der Waals surface area contributed by atoms with E-state index in [-0.39, 0.29) is 5.91 Å². The Morgan fingerprint density at radius 3 is 2.90 bits per heavy atom. The van der Waals surface area contributed by atoms with Crippen LogP contribution in [-0.2, 0) is 15.1 Å². The van der Waals surface area contributed by atoms with E-state index in [4.69, 9.17) is 4.74 Å². The maximum absolute atomic E-state index is 12.7. The highest BCUT2D eigenvalue weighted by Gasteiger charge is 2.41. The van der Waals surface area contributed by atoms with Gasteiger partial charge in [0.15, 0.2) is 0 Å². The minimum atomic E-state index is -0.550. The number of ether oxygens (including phenoxy) is 1. The summed E-state index contributed by atoms with van der Waals surface area (Å²) >= 11 is 0. The number of amides is 1. The van der Waals surface area contributed by atoms with Crippen LogP contribution in [0.4, 0.5) is 0 Å². The molecule has 0 aromatic carbocycles. The SMILES string of the molecule is O=C(NCCOCC1CC1)C1(n2cccn2)CCNCC1. The number of hydrogen-bond acceptors (Lipinski definition) is 4. The molecule has 6 heteroatoms. The number of rotatable bonds is 7. The van der Waals surface area contributed by atoms with Crippen LogP contribution in [0.25, 0.3) is 0 Å². The number of carbonyl (C=O) groups is 1. The summed E-state index contributed by atoms with van der Waals surface area (Å²) < 4.78 is 7.38. The molecule has 21 heavy (non-hydrogen) atoms. The van der Waals surface area contributed by atoms with Crippen LogP contribution in [0, 0.1) is 5.92 Å². The maximum Gasteiger partial charge on any atom is 0.248 e. The van der Waals surface area contributed by atoms with Gasteiger partial charge in [-0.05, 0) is 50.8 Å². The number of aromatic nitrogens is 2. The lowest BCUT2D eigenvalue weighted by Crippen LogP contribution is -2.55. The Morgan fingerprint density at radius 2 is 2.24 bits per heavy atom. The van der Waals surface area contributed by atoms with Gasteiger partial charge < -0.3 is 15.4 Å². The molecule has 1 aromatic heterocycles. The molecule has 2 heterocycles. The van der Waals surface area contributed by atoms with E-state index in [9.17, 15) is 4.79 Å². The van der Waals surface area contributed by atoms with Crippen molar-refractivity contribution in [3.63, 3.8) is 0 Å². The summed E-state index contributed by atoms with van der Waals surface area (Å²) in [6.07, 6.45) is 7.74. The summed E-state index contributed by atoms with van der Waals surface area (Å²) in [5, 5.41) is 10.6. The average Bonchev–Trinajstić information content (AvgIpc) is 3.17. The smallest absolute Gasteiger partial charge is 0.248 e. The first-order valence-electron chi connectivity index (χ1n) is 7.88. The fourth-order valence-corrected chi connectivity index (χ4v) is 2.86. The molecule has 1 saturated carbocycles. The standard InChI is InChI=1S/C15H24N4O2/c20-14(17-9-11-21-12-13-2-3-13)15(4-7-16-8-5-15)19-10-1-6-18-19/h1,6,10,13,16H,2-5,7-9,11-12H2,(H,17,20). The summed E-state index contributed by atoms with van der Waals surface area (Å²) in [7, 11) is 0. The van der Waals surface area contributed by atoms with Crippen molar-refractivity contribution in [2.75, 3.05) is 32.8 Å². The van der Waals surface area contributed by atoms with Crippen LogP contribution >= 0.6 is 0 Å². The number of carbonyl (C=O) groups excluding carboxylic acids is 1. The fourth-order valence-electron chi connectivity index (χ4n) is 2.86. The highest BCUT2D eigenvalue weighted by atomic mass is 16.5. The molecule has 3 rings (SSSR count). The van der Waals surface area contributed by atoms with Crippen LogP contribution in [0.5, 0.6) is 0 Å². The van der Waals surface area contributed by atoms with Gasteiger partial charge in [-0.25, -0.2) is 0 Å². The molecular formula is C15H24N4O2. The molecule has 1 saturated heterocycles. The van der Waals surface area contributed by atoms with Crippen molar-refractivity contribution in [2.45, 2.75) is 31.2 Å². The second kappa shape index (κ2) is 6.58. The normalized spacial score (nSPS) is 21.1. The Morgan fingerprint density at radius 1 is 1.43 bits per heavy atom. The largest absolute Gasteiger partial charge is 0.379 e. The molecule has 0 atom stereocenters. The molecule has 2 fully saturated rings. The van der Waals surface area contributed by atoms with Crippen LogP contribution < -0.4 is 10.6 Å². The van der Waals surface area contributed by atoms with E-state index < -0.39 is 5.54 Å². The van der Waals surface area contributed by atoms with Gasteiger partial charge in [0.1, 0.15) is 5.54 Å². The number of nitrogens with one attached hydrogen (secondary N) is 2. The Balaban J connectivity index is 1.53. The average molecular weight is 292 g/mol. The molecule has 6 nitrogen and oxygen atoms in total. The second-order valence-corrected chi connectivity index (χ2v) is 6.01. The quantitative estimate of drug-likeness (QED) is 0.718. The minimum absolute atomic E-state index is 0.0581. The number of nitrogens with zero attached hydrogens (tertiary/aromatic N) is 2. The molecule has 0 bridgehead atoms. The van der Waals surface area contributed by atoms with E-state index in [0.717, 1.165) is 38.5 Å². The third kappa shape index (κ3) is 3.44. The van der Waals surface area contributed by atoms with Crippen molar-refractivity contribution in [3.05, 3.63) is 18.5 Å². The first-order chi connectivity index (χ1) is 10.3. The molecule has 2 aliphatic rings. The van der Waals surface area contributed by atoms with Crippen LogP contribution in [0.15, 0.2) is 18.5 Å². The van der Waals surface area contributed by atoms with Gasteiger partial charge in [0, 0.05) is 25.5 Å². The van der Waals surface area contributed by atoms with Crippen LogP contribution in [0.1, 0.15) is 25.7 Å². The zero-order chi connectivity index (χ0) is 14.5. The van der Waals surface area contributed by atoms with Crippen molar-refractivity contribution < 1.29 is 9.53 Å². The molecule has 0 unspecified atom stereocenters. The van der Waals surface area contributed by atoms with Crippen molar-refractivity contribution >= 4 is 5.91 Å². The summed E-state index contributed by atoms with van der Waals surface area (Å²) in [5.74, 6) is 0.822. The third-order valence-corrected chi connectivity index (χ3v) is 4.38. The van der Waals surface area contributed by atoms with Gasteiger partial charge in [0.25, 0.3) is 0 Å². The lowest BCUT2D eigenvalue weighted by atomic mass is 9.87. The Kier molecular flexibility index (Phi) is 4.55. The predicted molar refractivity (Wildman–Crippen MR) is 78.9 cm³/mol. The molecule has 1 amide bonds. The Labute approximate surface area is 125 Å². The Bertz CT molecular complexity index is 450. The zero-order valence-corrected chi connectivity index (χ0v) is 12.4. The molecule has 0 spiro atoms. The lowest BCUT2D eigenvalue weighted by Gasteiger charge is -2.36. The van der Waals surface area contributed by atoms with Gasteiger partial charge in [-0.15, -0.1) is 0 Å². The van der Waals surface area contributed by atoms with Crippen LogP contribution in [0.2, 0.25) is 0 Å². The van der Waals surface area contributed by atoms with Gasteiger partial charge in [-0.1, -0.05) is 0 Å². The van der Waals surface area contributed by atoms with Gasteiger partial charge in [0.05, 0.1) is 6.61 Å². The Hall–Kier alpha value is -1.40. The van der Waals surface area contributed by atoms with Gasteiger partial charge in [-0.3, -0.25) is 9.48 Å². The van der Waals surface area contributed by atoms with E-state index >= 15 is 0 Å². The van der Waals surface area contributed by atoms with Gasteiger partial charge in [0.2, 0.25) is 5.91 Å². The van der Waals surface area contributed by atoms with Crippen LogP contribution in [0.3, 0.4) is 0 Å². The first kappa shape index (κ1) is 14.5. The summed E-state index contributed by atoms with van der Waals surface area (Å²) in [5.41, 5.74) is -0.550. The number of hydrogen-bond donors (Lipinski definition) is 2. The summed E-state index contributed by atoms with van der Waals surface area (Å²) in [6, 6.07) is 1.87. The molecule has 1 aliphatic carbocycles. The highest BCUT2D eigenvalue weighted by Crippen LogP contribution is 2.29. The van der Waals surface area contributed by atoms with Crippen molar-refractivity contribution in [3.8, 4) is 0 Å². The van der Waals surface area contributed by atoms with Crippen molar-refractivity contribution in [1.82, 2.24) is 20.4 Å². The van der Waals surface area contributed by atoms with Gasteiger partial charge >= 0.3 is 0 Å². The van der Waals surface area contributed by atoms with E-state index in [1.807, 2.05) is 16.9 Å². The molecular weight excluding hydrogens is 268 g/mol. The first-order valence-corrected chi connectivity index (χ1v) is 7.88. The summed E-state index contributed by atoms with van der Waals surface area (Å²) in [6.45, 7) is 3.68. The minimum Gasteiger partial charge on any atom is -0.379 e. The maximum atomic E-state index is 12.7. The highest BCUT2D eigenvalue weighted by molar-refractivity contribution is 5.84. The monoisotopic (exact) mass is 292 g/mol. The summed E-state index contributed by atoms with van der Waals surface area (Å²) in [4.78, 5) is 12.7. The fraction of sp³-hybridized carbons (Fsp3) is 0.733.